The zero-order chi connectivity index (χ0) is 23.9. The van der Waals surface area contributed by atoms with E-state index >= 15 is 0 Å². The molecule has 6 heteroatoms. The van der Waals surface area contributed by atoms with Crippen molar-refractivity contribution in [2.75, 3.05) is 6.61 Å². The van der Waals surface area contributed by atoms with E-state index in [0.717, 1.165) is 21.9 Å². The van der Waals surface area contributed by atoms with E-state index in [9.17, 15) is 9.59 Å². The fourth-order valence-electron chi connectivity index (χ4n) is 3.40. The topological polar surface area (TPSA) is 77.0 Å². The van der Waals surface area contributed by atoms with Crippen molar-refractivity contribution in [2.24, 2.45) is 5.10 Å². The molecular weight excluding hydrogens is 428 g/mol. The Kier molecular flexibility index (Phi) is 6.98. The highest BCUT2D eigenvalue weighted by Gasteiger charge is 2.13. The summed E-state index contributed by atoms with van der Waals surface area (Å²) in [6, 6.07) is 25.9. The molecule has 0 spiro atoms. The minimum Gasteiger partial charge on any atom is -0.484 e. The molecule has 0 aliphatic heterocycles. The average Bonchev–Trinajstić information content (AvgIpc) is 2.84. The number of rotatable bonds is 7. The lowest BCUT2D eigenvalue weighted by Crippen LogP contribution is -2.24. The number of amides is 1. The van der Waals surface area contributed by atoms with Gasteiger partial charge in [-0.15, -0.1) is 0 Å². The van der Waals surface area contributed by atoms with Crippen molar-refractivity contribution in [3.05, 3.63) is 107 Å². The minimum atomic E-state index is -0.472. The number of carbonyl (C=O) groups excluding carboxylic acids is 2. The molecule has 4 aromatic carbocycles. The van der Waals surface area contributed by atoms with Gasteiger partial charge in [0.2, 0.25) is 0 Å². The summed E-state index contributed by atoms with van der Waals surface area (Å²) < 4.78 is 11.2. The molecule has 1 amide bonds. The number of fused-ring (bicyclic) bond motifs is 1. The van der Waals surface area contributed by atoms with Gasteiger partial charge in [0, 0.05) is 5.56 Å². The van der Waals surface area contributed by atoms with Gasteiger partial charge in [0.1, 0.15) is 11.5 Å². The molecule has 6 nitrogen and oxygen atoms in total. The molecule has 0 radical (unpaired) electrons. The van der Waals surface area contributed by atoms with Crippen molar-refractivity contribution in [2.45, 2.75) is 13.8 Å². The van der Waals surface area contributed by atoms with E-state index in [1.54, 1.807) is 24.3 Å². The highest BCUT2D eigenvalue weighted by Crippen LogP contribution is 2.27. The van der Waals surface area contributed by atoms with Gasteiger partial charge < -0.3 is 9.47 Å². The largest absolute Gasteiger partial charge is 0.484 e. The molecule has 0 heterocycles. The van der Waals surface area contributed by atoms with Crippen molar-refractivity contribution in [3.8, 4) is 11.5 Å². The molecule has 34 heavy (non-hydrogen) atoms. The molecule has 0 saturated carbocycles. The maximum absolute atomic E-state index is 12.7. The zero-order valence-corrected chi connectivity index (χ0v) is 18.9. The first kappa shape index (κ1) is 22.7. The van der Waals surface area contributed by atoms with Crippen LogP contribution in [0.1, 0.15) is 27.0 Å². The lowest BCUT2D eigenvalue weighted by Gasteiger charge is -2.11. The van der Waals surface area contributed by atoms with Crippen molar-refractivity contribution in [3.63, 3.8) is 0 Å². The number of nitrogens with zero attached hydrogens (tertiary/aromatic N) is 1. The summed E-state index contributed by atoms with van der Waals surface area (Å²) in [6.45, 7) is 3.73. The highest BCUT2D eigenvalue weighted by atomic mass is 16.5. The molecule has 4 aromatic rings. The van der Waals surface area contributed by atoms with Gasteiger partial charge in [0.25, 0.3) is 5.91 Å². The van der Waals surface area contributed by atoms with Gasteiger partial charge >= 0.3 is 5.97 Å². The Labute approximate surface area is 197 Å². The predicted octanol–water partition coefficient (Wildman–Crippen LogP) is 5.20. The zero-order valence-electron chi connectivity index (χ0n) is 18.9. The lowest BCUT2D eigenvalue weighted by molar-refractivity contribution is -0.123. The van der Waals surface area contributed by atoms with Crippen molar-refractivity contribution < 1.29 is 19.1 Å². The molecule has 0 fully saturated rings. The second-order valence-electron chi connectivity index (χ2n) is 7.85. The summed E-state index contributed by atoms with van der Waals surface area (Å²) in [6.07, 6.45) is 1.48. The first-order chi connectivity index (χ1) is 16.5. The van der Waals surface area contributed by atoms with Crippen LogP contribution < -0.4 is 14.9 Å². The minimum absolute atomic E-state index is 0.175. The molecule has 4 rings (SSSR count). The number of ether oxygens (including phenoxy) is 2. The van der Waals surface area contributed by atoms with Crippen LogP contribution in [0.15, 0.2) is 90.0 Å². The normalized spacial score (nSPS) is 10.9. The molecule has 0 aliphatic rings. The van der Waals surface area contributed by atoms with E-state index in [1.165, 1.54) is 6.21 Å². The van der Waals surface area contributed by atoms with Crippen LogP contribution >= 0.6 is 0 Å². The summed E-state index contributed by atoms with van der Waals surface area (Å²) in [5.74, 6) is 0.0773. The van der Waals surface area contributed by atoms with E-state index in [2.05, 4.69) is 10.5 Å². The Bertz CT molecular complexity index is 1360. The number of hydrogen-bond donors (Lipinski definition) is 1. The molecule has 0 aromatic heterocycles. The quantitative estimate of drug-likeness (QED) is 0.181. The third-order valence-corrected chi connectivity index (χ3v) is 5.16. The van der Waals surface area contributed by atoms with E-state index in [0.29, 0.717) is 22.6 Å². The predicted molar refractivity (Wildman–Crippen MR) is 132 cm³/mol. The van der Waals surface area contributed by atoms with Crippen LogP contribution in [-0.4, -0.2) is 24.7 Å². The van der Waals surface area contributed by atoms with E-state index in [4.69, 9.17) is 9.47 Å². The number of hydrazone groups is 1. The molecule has 0 aliphatic carbocycles. The van der Waals surface area contributed by atoms with Gasteiger partial charge in [0.05, 0.1) is 11.8 Å². The molecule has 0 atom stereocenters. The maximum atomic E-state index is 12.7. The number of carbonyl (C=O) groups is 2. The Morgan fingerprint density at radius 1 is 0.882 bits per heavy atom. The highest BCUT2D eigenvalue weighted by molar-refractivity contribution is 6.04. The number of hydrogen-bond acceptors (Lipinski definition) is 5. The van der Waals surface area contributed by atoms with Gasteiger partial charge in [-0.2, -0.15) is 5.10 Å². The lowest BCUT2D eigenvalue weighted by atomic mass is 10.0. The maximum Gasteiger partial charge on any atom is 0.343 e. The average molecular weight is 453 g/mol. The standard InChI is InChI=1S/C28H24N2O4/c1-19-10-12-22(13-11-19)28(32)34-26-15-14-21-7-3-4-9-24(21)25(26)17-29-30-27(31)18-33-23-8-5-6-20(2)16-23/h3-17H,18H2,1-2H3,(H,30,31)/b29-17+. The van der Waals surface area contributed by atoms with Gasteiger partial charge in [-0.25, -0.2) is 10.2 Å². The van der Waals surface area contributed by atoms with Crippen LogP contribution in [0.5, 0.6) is 11.5 Å². The molecular formula is C28H24N2O4. The molecule has 0 saturated heterocycles. The van der Waals surface area contributed by atoms with Crippen molar-refractivity contribution >= 4 is 28.9 Å². The monoisotopic (exact) mass is 452 g/mol. The number of nitrogens with one attached hydrogen (secondary N) is 1. The van der Waals surface area contributed by atoms with Crippen LogP contribution in [0.2, 0.25) is 0 Å². The number of aryl methyl sites for hydroxylation is 2. The number of benzene rings is 4. The van der Waals surface area contributed by atoms with Gasteiger partial charge in [-0.1, -0.05) is 60.2 Å². The van der Waals surface area contributed by atoms with E-state index in [1.807, 2.05) is 74.5 Å². The summed E-state index contributed by atoms with van der Waals surface area (Å²) in [5, 5.41) is 5.87. The first-order valence-corrected chi connectivity index (χ1v) is 10.8. The van der Waals surface area contributed by atoms with Gasteiger partial charge in [0.15, 0.2) is 6.61 Å². The second kappa shape index (κ2) is 10.4. The summed E-state index contributed by atoms with van der Waals surface area (Å²) in [7, 11) is 0. The van der Waals surface area contributed by atoms with Crippen LogP contribution in [0, 0.1) is 13.8 Å². The van der Waals surface area contributed by atoms with Gasteiger partial charge in [-0.05, 0) is 60.5 Å². The summed E-state index contributed by atoms with van der Waals surface area (Å²) in [4.78, 5) is 24.9. The fourth-order valence-corrected chi connectivity index (χ4v) is 3.40. The van der Waals surface area contributed by atoms with Crippen molar-refractivity contribution in [1.29, 1.82) is 0 Å². The van der Waals surface area contributed by atoms with E-state index < -0.39 is 11.9 Å². The Hall–Kier alpha value is -4.45. The fraction of sp³-hybridized carbons (Fsp3) is 0.107. The third kappa shape index (κ3) is 5.66. The smallest absolute Gasteiger partial charge is 0.343 e. The number of esters is 1. The summed E-state index contributed by atoms with van der Waals surface area (Å²) >= 11 is 0. The van der Waals surface area contributed by atoms with Crippen LogP contribution in [0.3, 0.4) is 0 Å². The Balaban J connectivity index is 1.50. The van der Waals surface area contributed by atoms with Crippen molar-refractivity contribution in [1.82, 2.24) is 5.43 Å². The Morgan fingerprint density at radius 2 is 1.68 bits per heavy atom. The van der Waals surface area contributed by atoms with Crippen LogP contribution in [0.4, 0.5) is 0 Å². The molecule has 0 bridgehead atoms. The van der Waals surface area contributed by atoms with E-state index in [-0.39, 0.29) is 6.61 Å². The first-order valence-electron chi connectivity index (χ1n) is 10.8. The molecule has 170 valence electrons. The third-order valence-electron chi connectivity index (χ3n) is 5.16. The molecule has 0 unspecified atom stereocenters. The second-order valence-corrected chi connectivity index (χ2v) is 7.85. The summed E-state index contributed by atoms with van der Waals surface area (Å²) in [5.41, 5.74) is 5.59. The molecule has 1 N–H and O–H groups in total. The Morgan fingerprint density at radius 3 is 2.47 bits per heavy atom. The van der Waals surface area contributed by atoms with Crippen LogP contribution in [0.25, 0.3) is 10.8 Å². The SMILES string of the molecule is Cc1ccc(C(=O)Oc2ccc3ccccc3c2/C=N/NC(=O)COc2cccc(C)c2)cc1. The van der Waals surface area contributed by atoms with Crippen LogP contribution in [-0.2, 0) is 4.79 Å². The van der Waals surface area contributed by atoms with Gasteiger partial charge in [-0.3, -0.25) is 4.79 Å².